The summed E-state index contributed by atoms with van der Waals surface area (Å²) in [5, 5.41) is 20.7. The summed E-state index contributed by atoms with van der Waals surface area (Å²) in [6, 6.07) is 19.0. The Balaban J connectivity index is 2.34. The molecule has 0 amide bonds. The zero-order valence-corrected chi connectivity index (χ0v) is 10.5. The molecule has 0 radical (unpaired) electrons. The molecule has 0 aromatic heterocycles. The minimum Gasteiger partial charge on any atom is -0.390 e. The average Bonchev–Trinajstić information content (AvgIpc) is 2.40. The van der Waals surface area contributed by atoms with Crippen molar-refractivity contribution in [3.05, 3.63) is 71.8 Å². The molecule has 0 aliphatic carbocycles. The van der Waals surface area contributed by atoms with Crippen molar-refractivity contribution in [1.29, 1.82) is 0 Å². The molecule has 0 aliphatic rings. The van der Waals surface area contributed by atoms with E-state index in [-0.39, 0.29) is 0 Å². The van der Waals surface area contributed by atoms with Gasteiger partial charge in [0.05, 0.1) is 6.10 Å². The second kappa shape index (κ2) is 5.34. The topological polar surface area (TPSA) is 40.5 Å². The van der Waals surface area contributed by atoms with Crippen LogP contribution in [0.25, 0.3) is 0 Å². The number of hydrogen-bond acceptors (Lipinski definition) is 2. The van der Waals surface area contributed by atoms with Crippen molar-refractivity contribution in [1.82, 2.24) is 0 Å². The molecule has 0 saturated heterocycles. The van der Waals surface area contributed by atoms with E-state index in [1.54, 1.807) is 6.92 Å². The third-order valence-corrected chi connectivity index (χ3v) is 3.28. The molecule has 2 rings (SSSR count). The van der Waals surface area contributed by atoms with Crippen LogP contribution in [0.5, 0.6) is 0 Å². The second-order valence-corrected chi connectivity index (χ2v) is 4.63. The Bertz CT molecular complexity index is 479. The van der Waals surface area contributed by atoms with E-state index in [1.165, 1.54) is 0 Å². The first-order valence-corrected chi connectivity index (χ1v) is 6.13. The van der Waals surface area contributed by atoms with Gasteiger partial charge in [0, 0.05) is 6.42 Å². The van der Waals surface area contributed by atoms with E-state index in [1.807, 2.05) is 60.7 Å². The molecule has 2 nitrogen and oxygen atoms in total. The number of benzene rings is 2. The summed E-state index contributed by atoms with van der Waals surface area (Å²) in [7, 11) is 0. The van der Waals surface area contributed by atoms with Crippen molar-refractivity contribution in [3.8, 4) is 0 Å². The molecular formula is C16H18O2. The predicted octanol–water partition coefficient (Wildman–Crippen LogP) is 2.50. The van der Waals surface area contributed by atoms with Gasteiger partial charge in [-0.05, 0) is 18.1 Å². The number of rotatable bonds is 4. The van der Waals surface area contributed by atoms with Crippen LogP contribution in [0, 0.1) is 0 Å². The molecule has 0 spiro atoms. The van der Waals surface area contributed by atoms with Crippen molar-refractivity contribution < 1.29 is 10.2 Å². The summed E-state index contributed by atoms with van der Waals surface area (Å²) in [5.41, 5.74) is 0.497. The summed E-state index contributed by atoms with van der Waals surface area (Å²) < 4.78 is 0. The van der Waals surface area contributed by atoms with Gasteiger partial charge in [0.25, 0.3) is 0 Å². The molecule has 0 bridgehead atoms. The Morgan fingerprint density at radius 1 is 0.944 bits per heavy atom. The number of aliphatic hydroxyl groups excluding tert-OH is 1. The monoisotopic (exact) mass is 242 g/mol. The Morgan fingerprint density at radius 2 is 1.44 bits per heavy atom. The number of aliphatic hydroxyl groups is 2. The molecule has 0 unspecified atom stereocenters. The van der Waals surface area contributed by atoms with E-state index in [0.29, 0.717) is 6.42 Å². The second-order valence-electron chi connectivity index (χ2n) is 4.63. The van der Waals surface area contributed by atoms with Gasteiger partial charge in [-0.1, -0.05) is 60.7 Å². The van der Waals surface area contributed by atoms with Crippen LogP contribution in [0.2, 0.25) is 0 Å². The van der Waals surface area contributed by atoms with Gasteiger partial charge in [0.2, 0.25) is 0 Å². The van der Waals surface area contributed by atoms with Gasteiger partial charge in [-0.2, -0.15) is 0 Å². The maximum Gasteiger partial charge on any atom is 0.119 e. The first-order chi connectivity index (χ1) is 8.63. The highest BCUT2D eigenvalue weighted by molar-refractivity contribution is 5.28. The molecule has 2 N–H and O–H groups in total. The van der Waals surface area contributed by atoms with Crippen molar-refractivity contribution in [2.45, 2.75) is 25.0 Å². The maximum absolute atomic E-state index is 10.8. The molecule has 18 heavy (non-hydrogen) atoms. The zero-order valence-electron chi connectivity index (χ0n) is 10.5. The average molecular weight is 242 g/mol. The van der Waals surface area contributed by atoms with Crippen molar-refractivity contribution in [3.63, 3.8) is 0 Å². The van der Waals surface area contributed by atoms with Crippen LogP contribution in [0.15, 0.2) is 60.7 Å². The Morgan fingerprint density at radius 3 is 1.94 bits per heavy atom. The van der Waals surface area contributed by atoms with Gasteiger partial charge in [0.1, 0.15) is 5.60 Å². The lowest BCUT2D eigenvalue weighted by atomic mass is 9.83. The van der Waals surface area contributed by atoms with E-state index >= 15 is 0 Å². The van der Waals surface area contributed by atoms with Crippen molar-refractivity contribution >= 4 is 0 Å². The zero-order chi connectivity index (χ0) is 13.0. The van der Waals surface area contributed by atoms with Crippen molar-refractivity contribution in [2.24, 2.45) is 0 Å². The molecule has 0 aliphatic heterocycles. The van der Waals surface area contributed by atoms with Crippen LogP contribution in [0.4, 0.5) is 0 Å². The Hall–Kier alpha value is -1.64. The Kier molecular flexibility index (Phi) is 3.80. The van der Waals surface area contributed by atoms with Gasteiger partial charge in [0.15, 0.2) is 0 Å². The molecule has 2 aromatic carbocycles. The van der Waals surface area contributed by atoms with E-state index in [4.69, 9.17) is 0 Å². The van der Waals surface area contributed by atoms with Crippen molar-refractivity contribution in [2.75, 3.05) is 0 Å². The lowest BCUT2D eigenvalue weighted by Crippen LogP contribution is -2.39. The van der Waals surface area contributed by atoms with Crippen LogP contribution < -0.4 is 0 Å². The first kappa shape index (κ1) is 12.8. The van der Waals surface area contributed by atoms with Crippen LogP contribution in [-0.2, 0) is 12.0 Å². The Labute approximate surface area is 108 Å². The molecule has 2 aromatic rings. The molecule has 2 heteroatoms. The molecule has 2 atom stereocenters. The molecule has 0 fully saturated rings. The van der Waals surface area contributed by atoms with E-state index in [9.17, 15) is 10.2 Å². The highest BCUT2D eigenvalue weighted by Crippen LogP contribution is 2.29. The van der Waals surface area contributed by atoms with Crippen LogP contribution in [0.3, 0.4) is 0 Å². The predicted molar refractivity (Wildman–Crippen MR) is 72.2 cm³/mol. The highest BCUT2D eigenvalue weighted by Gasteiger charge is 2.34. The largest absolute Gasteiger partial charge is 0.390 e. The third-order valence-electron chi connectivity index (χ3n) is 3.28. The highest BCUT2D eigenvalue weighted by atomic mass is 16.3. The summed E-state index contributed by atoms with van der Waals surface area (Å²) in [6.07, 6.45) is -0.435. The minimum absolute atomic E-state index is 0.398. The van der Waals surface area contributed by atoms with Gasteiger partial charge in [-0.25, -0.2) is 0 Å². The molecule has 94 valence electrons. The number of hydrogen-bond donors (Lipinski definition) is 2. The summed E-state index contributed by atoms with van der Waals surface area (Å²) in [5.74, 6) is 0. The summed E-state index contributed by atoms with van der Waals surface area (Å²) in [4.78, 5) is 0. The fourth-order valence-corrected chi connectivity index (χ4v) is 2.12. The molecule has 0 saturated carbocycles. The van der Waals surface area contributed by atoms with Gasteiger partial charge in [-0.15, -0.1) is 0 Å². The fourth-order valence-electron chi connectivity index (χ4n) is 2.12. The van der Waals surface area contributed by atoms with Gasteiger partial charge < -0.3 is 10.2 Å². The van der Waals surface area contributed by atoms with Gasteiger partial charge >= 0.3 is 0 Å². The lowest BCUT2D eigenvalue weighted by molar-refractivity contribution is -0.0712. The van der Waals surface area contributed by atoms with E-state index in [0.717, 1.165) is 11.1 Å². The smallest absolute Gasteiger partial charge is 0.119 e. The van der Waals surface area contributed by atoms with E-state index < -0.39 is 11.7 Å². The van der Waals surface area contributed by atoms with Gasteiger partial charge in [-0.3, -0.25) is 0 Å². The SMILES string of the molecule is C[C@@H](O)[C@](O)(Cc1ccccc1)c1ccccc1. The molecule has 0 heterocycles. The lowest BCUT2D eigenvalue weighted by Gasteiger charge is -2.31. The summed E-state index contributed by atoms with van der Waals surface area (Å²) in [6.45, 7) is 1.62. The van der Waals surface area contributed by atoms with Crippen LogP contribution in [0.1, 0.15) is 18.1 Å². The molecular weight excluding hydrogens is 224 g/mol. The fraction of sp³-hybridized carbons (Fsp3) is 0.250. The maximum atomic E-state index is 10.8. The normalized spacial score (nSPS) is 15.9. The third kappa shape index (κ3) is 2.61. The van der Waals surface area contributed by atoms with Crippen LogP contribution >= 0.6 is 0 Å². The summed E-state index contributed by atoms with van der Waals surface area (Å²) >= 11 is 0. The minimum atomic E-state index is -1.25. The van der Waals surface area contributed by atoms with E-state index in [2.05, 4.69) is 0 Å². The standard InChI is InChI=1S/C16H18O2/c1-13(17)16(18,15-10-6-3-7-11-15)12-14-8-4-2-5-9-14/h2-11,13,17-18H,12H2,1H3/t13-,16-/m1/s1. The quantitative estimate of drug-likeness (QED) is 0.864. The first-order valence-electron chi connectivity index (χ1n) is 6.13. The van der Waals surface area contributed by atoms with Crippen LogP contribution in [-0.4, -0.2) is 16.3 Å².